The number of nitrogens with zero attached hydrogens (tertiary/aromatic N) is 2. The molecular formula is C24H25F3N4O2. The quantitative estimate of drug-likeness (QED) is 0.230. The van der Waals surface area contributed by atoms with E-state index >= 15 is 8.78 Å². The first kappa shape index (κ1) is 24.3. The van der Waals surface area contributed by atoms with Gasteiger partial charge in [0.05, 0.1) is 6.04 Å². The summed E-state index contributed by atoms with van der Waals surface area (Å²) in [5.41, 5.74) is 6.96. The molecule has 0 radical (unpaired) electrons. The molecule has 0 saturated heterocycles. The largest absolute Gasteiger partial charge is 0.478 e. The molecule has 6 nitrogen and oxygen atoms in total. The Morgan fingerprint density at radius 1 is 1.27 bits per heavy atom. The van der Waals surface area contributed by atoms with E-state index in [4.69, 9.17) is 16.0 Å². The second kappa shape index (κ2) is 9.27. The summed E-state index contributed by atoms with van der Waals surface area (Å²) in [5.74, 6) is -3.22. The summed E-state index contributed by atoms with van der Waals surface area (Å²) < 4.78 is 45.3. The summed E-state index contributed by atoms with van der Waals surface area (Å²) in [6.07, 6.45) is 2.35. The number of hydrogen-bond acceptors (Lipinski definition) is 4. The molecule has 2 atom stereocenters. The van der Waals surface area contributed by atoms with Gasteiger partial charge < -0.3 is 5.11 Å². The number of alkyl halides is 1. The maximum Gasteiger partial charge on any atom is 0.328 e. The van der Waals surface area contributed by atoms with Gasteiger partial charge in [0.15, 0.2) is 5.84 Å². The summed E-state index contributed by atoms with van der Waals surface area (Å²) >= 11 is 0. The minimum Gasteiger partial charge on any atom is -0.478 e. The van der Waals surface area contributed by atoms with E-state index in [2.05, 4.69) is 5.11 Å². The zero-order valence-corrected chi connectivity index (χ0v) is 18.5. The molecule has 0 saturated carbocycles. The van der Waals surface area contributed by atoms with Gasteiger partial charge >= 0.3 is 5.97 Å². The van der Waals surface area contributed by atoms with Crippen molar-refractivity contribution >= 4 is 17.9 Å². The first-order chi connectivity index (χ1) is 15.4. The molecule has 3 rings (SSSR count). The smallest absolute Gasteiger partial charge is 0.328 e. The molecule has 33 heavy (non-hydrogen) atoms. The van der Waals surface area contributed by atoms with Crippen molar-refractivity contribution < 1.29 is 23.1 Å². The number of halogens is 3. The van der Waals surface area contributed by atoms with Crippen molar-refractivity contribution in [2.75, 3.05) is 6.54 Å². The predicted octanol–water partition coefficient (Wildman–Crippen LogP) is 5.50. The maximum absolute atomic E-state index is 15.3. The van der Waals surface area contributed by atoms with Crippen LogP contribution < -0.4 is 0 Å². The minimum atomic E-state index is -1.63. The molecule has 3 N–H and O–H groups in total. The molecule has 1 heterocycles. The molecule has 2 aromatic rings. The number of rotatable bonds is 6. The SMILES string of the molecule is CC1Cc2cc(C(=N)N=N)ccc2C(c2c(F)cc(/C=C/C(=O)O)cc2F)N1CC(C)(C)F. The third-order valence-corrected chi connectivity index (χ3v) is 5.59. The maximum atomic E-state index is 15.3. The van der Waals surface area contributed by atoms with Gasteiger partial charge in [0, 0.05) is 29.8 Å². The predicted molar refractivity (Wildman–Crippen MR) is 118 cm³/mol. The fourth-order valence-corrected chi connectivity index (χ4v) is 4.26. The van der Waals surface area contributed by atoms with Gasteiger partial charge in [-0.25, -0.2) is 23.5 Å². The number of amidine groups is 1. The Hall–Kier alpha value is -3.33. The molecule has 2 aromatic carbocycles. The van der Waals surface area contributed by atoms with Gasteiger partial charge in [-0.3, -0.25) is 10.3 Å². The van der Waals surface area contributed by atoms with Gasteiger partial charge in [-0.05, 0) is 68.2 Å². The summed E-state index contributed by atoms with van der Waals surface area (Å²) in [6, 6.07) is 5.76. The van der Waals surface area contributed by atoms with E-state index in [0.29, 0.717) is 17.5 Å². The molecule has 9 heteroatoms. The fraction of sp³-hybridized carbons (Fsp3) is 0.333. The second-order valence-electron chi connectivity index (χ2n) is 8.79. The first-order valence-corrected chi connectivity index (χ1v) is 10.3. The van der Waals surface area contributed by atoms with Crippen LogP contribution in [0.25, 0.3) is 6.08 Å². The van der Waals surface area contributed by atoms with Crippen LogP contribution in [0.5, 0.6) is 0 Å². The molecule has 0 amide bonds. The van der Waals surface area contributed by atoms with Gasteiger partial charge in [-0.2, -0.15) is 0 Å². The normalized spacial score (nSPS) is 18.8. The topological polar surface area (TPSA) is 101 Å². The van der Waals surface area contributed by atoms with Gasteiger partial charge in [0.2, 0.25) is 0 Å². The van der Waals surface area contributed by atoms with Crippen molar-refractivity contribution in [3.63, 3.8) is 0 Å². The number of fused-ring (bicyclic) bond motifs is 1. The van der Waals surface area contributed by atoms with Crippen molar-refractivity contribution in [1.82, 2.24) is 4.90 Å². The second-order valence-corrected chi connectivity index (χ2v) is 8.79. The number of hydrogen-bond donors (Lipinski definition) is 3. The van der Waals surface area contributed by atoms with Gasteiger partial charge in [-0.1, -0.05) is 12.1 Å². The highest BCUT2D eigenvalue weighted by molar-refractivity contribution is 5.96. The number of nitrogens with one attached hydrogen (secondary N) is 2. The lowest BCUT2D eigenvalue weighted by Crippen LogP contribution is -2.48. The molecule has 2 unspecified atom stereocenters. The van der Waals surface area contributed by atoms with Crippen LogP contribution in [0.15, 0.2) is 41.5 Å². The standard InChI is InChI=1S/C24H25F3N4O2/c1-13-8-16-11-15(23(28)30-29)5-6-17(16)22(31(13)12-24(2,3)27)21-18(25)9-14(10-19(21)26)4-7-20(32)33/h4-7,9-11,13,22,28-29H,8,12H2,1-3H3,(H,32,33)/b7-4+,28-23?,30-29?. The van der Waals surface area contributed by atoms with Crippen molar-refractivity contribution in [2.45, 2.75) is 44.9 Å². The van der Waals surface area contributed by atoms with Crippen LogP contribution in [0, 0.1) is 22.6 Å². The van der Waals surface area contributed by atoms with Gasteiger partial charge in [0.1, 0.15) is 17.3 Å². The third kappa shape index (κ3) is 5.36. The minimum absolute atomic E-state index is 0.0541. The Morgan fingerprint density at radius 2 is 1.91 bits per heavy atom. The van der Waals surface area contributed by atoms with E-state index in [9.17, 15) is 9.18 Å². The van der Waals surface area contributed by atoms with Crippen LogP contribution in [0.3, 0.4) is 0 Å². The molecular weight excluding hydrogens is 433 g/mol. The summed E-state index contributed by atoms with van der Waals surface area (Å²) in [4.78, 5) is 12.5. The molecule has 0 aromatic heterocycles. The summed E-state index contributed by atoms with van der Waals surface area (Å²) in [5, 5.41) is 19.7. The van der Waals surface area contributed by atoms with E-state index in [1.807, 2.05) is 6.92 Å². The van der Waals surface area contributed by atoms with E-state index in [1.54, 1.807) is 23.1 Å². The lowest BCUT2D eigenvalue weighted by molar-refractivity contribution is -0.131. The number of benzene rings is 2. The molecule has 1 aliphatic heterocycles. The number of carboxylic acid groups (broad SMARTS) is 1. The zero-order valence-electron chi connectivity index (χ0n) is 18.5. The molecule has 0 bridgehead atoms. The molecule has 0 fully saturated rings. The summed E-state index contributed by atoms with van der Waals surface area (Å²) in [6.45, 7) is 4.57. The Balaban J connectivity index is 2.20. The van der Waals surface area contributed by atoms with Crippen molar-refractivity contribution in [3.8, 4) is 0 Å². The van der Waals surface area contributed by atoms with E-state index < -0.39 is 29.3 Å². The number of carbonyl (C=O) groups is 1. The molecule has 1 aliphatic rings. The Kier molecular flexibility index (Phi) is 6.83. The fourth-order valence-electron chi connectivity index (χ4n) is 4.26. The highest BCUT2D eigenvalue weighted by Crippen LogP contribution is 2.41. The Labute approximate surface area is 189 Å². The van der Waals surface area contributed by atoms with E-state index in [-0.39, 0.29) is 29.5 Å². The Bertz CT molecular complexity index is 1120. The first-order valence-electron chi connectivity index (χ1n) is 10.3. The van der Waals surface area contributed by atoms with Crippen molar-refractivity contribution in [3.05, 3.63) is 75.9 Å². The third-order valence-electron chi connectivity index (χ3n) is 5.59. The highest BCUT2D eigenvalue weighted by Gasteiger charge is 2.39. The van der Waals surface area contributed by atoms with Crippen molar-refractivity contribution in [2.24, 2.45) is 5.11 Å². The highest BCUT2D eigenvalue weighted by atomic mass is 19.1. The van der Waals surface area contributed by atoms with Crippen LogP contribution in [-0.2, 0) is 11.2 Å². The molecule has 0 spiro atoms. The molecule has 174 valence electrons. The van der Waals surface area contributed by atoms with Crippen LogP contribution in [-0.4, -0.2) is 40.1 Å². The average molecular weight is 458 g/mol. The Morgan fingerprint density at radius 3 is 2.45 bits per heavy atom. The summed E-state index contributed by atoms with van der Waals surface area (Å²) in [7, 11) is 0. The van der Waals surface area contributed by atoms with E-state index in [1.165, 1.54) is 13.8 Å². The number of carboxylic acids is 1. The van der Waals surface area contributed by atoms with E-state index in [0.717, 1.165) is 29.8 Å². The van der Waals surface area contributed by atoms with Crippen LogP contribution in [0.1, 0.15) is 54.6 Å². The lowest BCUT2D eigenvalue weighted by atomic mass is 9.83. The van der Waals surface area contributed by atoms with Gasteiger partial charge in [-0.15, -0.1) is 5.11 Å². The van der Waals surface area contributed by atoms with Crippen molar-refractivity contribution in [1.29, 1.82) is 10.9 Å². The average Bonchev–Trinajstić information content (AvgIpc) is 2.71. The van der Waals surface area contributed by atoms with Crippen LogP contribution >= 0.6 is 0 Å². The monoisotopic (exact) mass is 458 g/mol. The number of aliphatic carboxylic acids is 1. The van der Waals surface area contributed by atoms with Crippen LogP contribution in [0.4, 0.5) is 13.2 Å². The molecule has 0 aliphatic carbocycles. The van der Waals surface area contributed by atoms with Gasteiger partial charge in [0.25, 0.3) is 0 Å². The zero-order chi connectivity index (χ0) is 24.5. The van der Waals surface area contributed by atoms with Crippen LogP contribution in [0.2, 0.25) is 0 Å². The lowest BCUT2D eigenvalue weighted by Gasteiger charge is -2.44.